The van der Waals surface area contributed by atoms with Gasteiger partial charge in [-0.2, -0.15) is 0 Å². The smallest absolute Gasteiger partial charge is 0.0796 e. The van der Waals surface area contributed by atoms with Gasteiger partial charge in [-0.15, -0.1) is 11.3 Å². The Hall–Kier alpha value is -4.60. The highest BCUT2D eigenvalue weighted by Crippen LogP contribution is 2.42. The maximum atomic E-state index is 5.10. The van der Waals surface area contributed by atoms with Gasteiger partial charge in [-0.05, 0) is 36.4 Å². The second-order valence-electron chi connectivity index (χ2n) is 9.05. The zero-order valence-corrected chi connectivity index (χ0v) is 20.8. The monoisotopic (exact) mass is 490 g/mol. The molecule has 0 fully saturated rings. The molecule has 0 aliphatic rings. The van der Waals surface area contributed by atoms with Gasteiger partial charge < -0.3 is 0 Å². The van der Waals surface area contributed by atoms with Crippen molar-refractivity contribution in [1.29, 1.82) is 0 Å². The van der Waals surface area contributed by atoms with Crippen LogP contribution in [-0.2, 0) is 0 Å². The molecule has 0 saturated heterocycles. The van der Waals surface area contributed by atoms with E-state index in [1.165, 1.54) is 9.75 Å². The lowest BCUT2D eigenvalue weighted by Crippen LogP contribution is -1.90. The number of nitrogens with zero attached hydrogens (tertiary/aromatic N) is 2. The molecule has 3 aromatic heterocycles. The number of pyridine rings is 2. The van der Waals surface area contributed by atoms with Crippen LogP contribution in [0.1, 0.15) is 0 Å². The van der Waals surface area contributed by atoms with Crippen molar-refractivity contribution in [2.24, 2.45) is 0 Å². The number of thiophene rings is 1. The first-order valence-electron chi connectivity index (χ1n) is 12.3. The summed E-state index contributed by atoms with van der Waals surface area (Å²) in [7, 11) is 0. The molecule has 0 bridgehead atoms. The molecule has 0 amide bonds. The molecule has 0 saturated carbocycles. The third-order valence-corrected chi connectivity index (χ3v) is 7.83. The maximum Gasteiger partial charge on any atom is 0.0796 e. The first-order valence-corrected chi connectivity index (χ1v) is 13.2. The molecular formula is C34H22N2S. The first-order chi connectivity index (χ1) is 18.3. The summed E-state index contributed by atoms with van der Waals surface area (Å²) in [5.74, 6) is 0. The second kappa shape index (κ2) is 9.12. The van der Waals surface area contributed by atoms with Gasteiger partial charge in [0.2, 0.25) is 0 Å². The molecule has 0 unspecified atom stereocenters. The molecule has 3 heteroatoms. The predicted molar refractivity (Wildman–Crippen MR) is 157 cm³/mol. The van der Waals surface area contributed by atoms with E-state index in [4.69, 9.17) is 9.97 Å². The minimum absolute atomic E-state index is 1.01. The van der Waals surface area contributed by atoms with Crippen LogP contribution in [0, 0.1) is 0 Å². The molecule has 7 rings (SSSR count). The zero-order chi connectivity index (χ0) is 24.6. The fourth-order valence-electron chi connectivity index (χ4n) is 4.87. The van der Waals surface area contributed by atoms with E-state index in [2.05, 4.69) is 109 Å². The van der Waals surface area contributed by atoms with E-state index in [1.54, 1.807) is 11.3 Å². The van der Waals surface area contributed by atoms with Gasteiger partial charge in [0, 0.05) is 42.8 Å². The highest BCUT2D eigenvalue weighted by molar-refractivity contribution is 7.19. The quantitative estimate of drug-likeness (QED) is 0.245. The highest BCUT2D eigenvalue weighted by Gasteiger charge is 2.17. The minimum Gasteiger partial charge on any atom is -0.247 e. The van der Waals surface area contributed by atoms with Crippen molar-refractivity contribution in [2.45, 2.75) is 0 Å². The zero-order valence-electron chi connectivity index (χ0n) is 20.0. The van der Waals surface area contributed by atoms with Gasteiger partial charge in [0.1, 0.15) is 0 Å². The van der Waals surface area contributed by atoms with Crippen LogP contribution in [0.3, 0.4) is 0 Å². The van der Waals surface area contributed by atoms with Crippen LogP contribution in [0.2, 0.25) is 0 Å². The number of aromatic nitrogens is 2. The Balaban J connectivity index is 1.43. The third-order valence-electron chi connectivity index (χ3n) is 6.68. The van der Waals surface area contributed by atoms with Crippen molar-refractivity contribution in [3.63, 3.8) is 0 Å². The van der Waals surface area contributed by atoms with Crippen LogP contribution in [0.5, 0.6) is 0 Å². The lowest BCUT2D eigenvalue weighted by molar-refractivity contribution is 1.40. The van der Waals surface area contributed by atoms with Gasteiger partial charge in [0.05, 0.1) is 22.4 Å². The summed E-state index contributed by atoms with van der Waals surface area (Å²) in [4.78, 5) is 12.6. The summed E-state index contributed by atoms with van der Waals surface area (Å²) in [6.45, 7) is 0. The molecule has 0 radical (unpaired) electrons. The Morgan fingerprint density at radius 3 is 1.27 bits per heavy atom. The molecule has 0 atom stereocenters. The van der Waals surface area contributed by atoms with Crippen LogP contribution < -0.4 is 0 Å². The van der Waals surface area contributed by atoms with Crippen molar-refractivity contribution in [3.05, 3.63) is 133 Å². The van der Waals surface area contributed by atoms with Gasteiger partial charge in [0.25, 0.3) is 0 Å². The van der Waals surface area contributed by atoms with Crippen molar-refractivity contribution >= 4 is 33.1 Å². The van der Waals surface area contributed by atoms with Crippen LogP contribution in [0.15, 0.2) is 133 Å². The standard InChI is InChI=1S/C34H22N2S/c1-3-11-23(12-4-1)33-27(21-25-15-7-9-17-29(25)35-33)31-19-20-32(37-31)28-22-26-16-8-10-18-30(26)36-34(28)24-13-5-2-6-14-24/h1-22H. The second-order valence-corrected chi connectivity index (χ2v) is 10.1. The molecule has 0 aliphatic carbocycles. The van der Waals surface area contributed by atoms with Gasteiger partial charge in [0.15, 0.2) is 0 Å². The van der Waals surface area contributed by atoms with Crippen molar-refractivity contribution in [1.82, 2.24) is 9.97 Å². The van der Waals surface area contributed by atoms with Crippen LogP contribution in [-0.4, -0.2) is 9.97 Å². The molecule has 3 heterocycles. The largest absolute Gasteiger partial charge is 0.247 e. The molecule has 0 N–H and O–H groups in total. The van der Waals surface area contributed by atoms with Crippen LogP contribution >= 0.6 is 11.3 Å². The van der Waals surface area contributed by atoms with E-state index in [9.17, 15) is 0 Å². The molecule has 174 valence electrons. The number of para-hydroxylation sites is 2. The van der Waals surface area contributed by atoms with E-state index in [-0.39, 0.29) is 0 Å². The summed E-state index contributed by atoms with van der Waals surface area (Å²) < 4.78 is 0. The normalized spacial score (nSPS) is 11.2. The molecule has 0 spiro atoms. The topological polar surface area (TPSA) is 25.8 Å². The lowest BCUT2D eigenvalue weighted by Gasteiger charge is -2.11. The Bertz CT molecular complexity index is 1730. The Morgan fingerprint density at radius 1 is 0.405 bits per heavy atom. The molecule has 37 heavy (non-hydrogen) atoms. The Kier molecular flexibility index (Phi) is 5.34. The van der Waals surface area contributed by atoms with Gasteiger partial charge in [-0.25, -0.2) is 9.97 Å². The van der Waals surface area contributed by atoms with Crippen molar-refractivity contribution < 1.29 is 0 Å². The van der Waals surface area contributed by atoms with Crippen LogP contribution in [0.4, 0.5) is 0 Å². The number of benzene rings is 4. The van der Waals surface area contributed by atoms with Gasteiger partial charge in [-0.3, -0.25) is 0 Å². The van der Waals surface area contributed by atoms with Gasteiger partial charge in [-0.1, -0.05) is 97.1 Å². The summed E-state index contributed by atoms with van der Waals surface area (Å²) >= 11 is 1.79. The Morgan fingerprint density at radius 2 is 0.811 bits per heavy atom. The number of fused-ring (bicyclic) bond motifs is 2. The lowest BCUT2D eigenvalue weighted by atomic mass is 10.0. The van der Waals surface area contributed by atoms with Crippen molar-refractivity contribution in [3.8, 4) is 43.4 Å². The summed E-state index contributed by atoms with van der Waals surface area (Å²) in [5.41, 5.74) is 8.57. The van der Waals surface area contributed by atoms with E-state index in [0.29, 0.717) is 0 Å². The molecular weight excluding hydrogens is 468 g/mol. The average molecular weight is 491 g/mol. The van der Waals surface area contributed by atoms with Crippen LogP contribution in [0.25, 0.3) is 65.2 Å². The summed E-state index contributed by atoms with van der Waals surface area (Å²) in [6.07, 6.45) is 0. The first kappa shape index (κ1) is 21.7. The number of hydrogen-bond donors (Lipinski definition) is 0. The SMILES string of the molecule is c1ccc(-c2nc3ccccc3cc2-c2ccc(-c3cc4ccccc4nc3-c3ccccc3)s2)cc1. The summed E-state index contributed by atoms with van der Waals surface area (Å²) in [5, 5.41) is 2.29. The minimum atomic E-state index is 1.01. The van der Waals surface area contributed by atoms with Crippen molar-refractivity contribution in [2.75, 3.05) is 0 Å². The highest BCUT2D eigenvalue weighted by atomic mass is 32.1. The molecule has 2 nitrogen and oxygen atoms in total. The van der Waals surface area contributed by atoms with E-state index >= 15 is 0 Å². The van der Waals surface area contributed by atoms with E-state index in [0.717, 1.165) is 55.4 Å². The Labute approximate surface area is 219 Å². The van der Waals surface area contributed by atoms with E-state index < -0.39 is 0 Å². The molecule has 0 aliphatic heterocycles. The third kappa shape index (κ3) is 4.00. The average Bonchev–Trinajstić information content (AvgIpc) is 3.47. The number of hydrogen-bond acceptors (Lipinski definition) is 3. The molecule has 4 aromatic carbocycles. The number of rotatable bonds is 4. The maximum absolute atomic E-state index is 5.10. The van der Waals surface area contributed by atoms with E-state index in [1.807, 2.05) is 24.3 Å². The summed E-state index contributed by atoms with van der Waals surface area (Å²) in [6, 6.07) is 46.6. The predicted octanol–water partition coefficient (Wildman–Crippen LogP) is 9.51. The fourth-order valence-corrected chi connectivity index (χ4v) is 5.91. The molecule has 7 aromatic rings. The van der Waals surface area contributed by atoms with Gasteiger partial charge >= 0.3 is 0 Å². The fraction of sp³-hybridized carbons (Fsp3) is 0.